The maximum atomic E-state index is 5.91. The van der Waals surface area contributed by atoms with Crippen LogP contribution in [0.4, 0.5) is 0 Å². The van der Waals surface area contributed by atoms with Gasteiger partial charge in [0.15, 0.2) is 0 Å². The number of hydrogen-bond donors (Lipinski definition) is 1. The Morgan fingerprint density at radius 1 is 1.05 bits per heavy atom. The SMILES string of the molecule is Cc1cc(CNC(C)C)ccc1SCc1ccc(Cl)cc1. The molecule has 112 valence electrons. The van der Waals surface area contributed by atoms with Crippen molar-refractivity contribution >= 4 is 23.4 Å². The lowest BCUT2D eigenvalue weighted by molar-refractivity contribution is 0.588. The highest BCUT2D eigenvalue weighted by molar-refractivity contribution is 7.98. The summed E-state index contributed by atoms with van der Waals surface area (Å²) in [6, 6.07) is 15.3. The van der Waals surface area contributed by atoms with Gasteiger partial charge in [0.1, 0.15) is 0 Å². The Labute approximate surface area is 137 Å². The fourth-order valence-corrected chi connectivity index (χ4v) is 3.14. The van der Waals surface area contributed by atoms with E-state index in [2.05, 4.69) is 56.4 Å². The van der Waals surface area contributed by atoms with Crippen LogP contribution in [0.1, 0.15) is 30.5 Å². The topological polar surface area (TPSA) is 12.0 Å². The van der Waals surface area contributed by atoms with Crippen molar-refractivity contribution in [2.24, 2.45) is 0 Å². The van der Waals surface area contributed by atoms with E-state index in [4.69, 9.17) is 11.6 Å². The van der Waals surface area contributed by atoms with Gasteiger partial charge in [-0.1, -0.05) is 49.7 Å². The van der Waals surface area contributed by atoms with Gasteiger partial charge in [0.05, 0.1) is 0 Å². The van der Waals surface area contributed by atoms with E-state index in [0.717, 1.165) is 17.3 Å². The van der Waals surface area contributed by atoms with Crippen molar-refractivity contribution in [3.63, 3.8) is 0 Å². The van der Waals surface area contributed by atoms with Gasteiger partial charge >= 0.3 is 0 Å². The zero-order chi connectivity index (χ0) is 15.2. The maximum absolute atomic E-state index is 5.91. The van der Waals surface area contributed by atoms with Gasteiger partial charge in [0.25, 0.3) is 0 Å². The van der Waals surface area contributed by atoms with Crippen LogP contribution in [0.15, 0.2) is 47.4 Å². The molecule has 0 fully saturated rings. The molecule has 0 bridgehead atoms. The van der Waals surface area contributed by atoms with Crippen molar-refractivity contribution in [2.45, 2.75) is 44.0 Å². The molecule has 0 aliphatic rings. The summed E-state index contributed by atoms with van der Waals surface area (Å²) in [5.41, 5.74) is 3.99. The van der Waals surface area contributed by atoms with E-state index < -0.39 is 0 Å². The summed E-state index contributed by atoms with van der Waals surface area (Å²) < 4.78 is 0. The van der Waals surface area contributed by atoms with Crippen LogP contribution in [0.2, 0.25) is 5.02 Å². The molecule has 0 saturated heterocycles. The number of hydrogen-bond acceptors (Lipinski definition) is 2. The molecule has 0 aromatic heterocycles. The van der Waals surface area contributed by atoms with Crippen molar-refractivity contribution < 1.29 is 0 Å². The quantitative estimate of drug-likeness (QED) is 0.712. The molecule has 2 aromatic rings. The fourth-order valence-electron chi connectivity index (χ4n) is 2.05. The Hall–Kier alpha value is -0.960. The largest absolute Gasteiger partial charge is 0.310 e. The molecule has 0 spiro atoms. The number of aryl methyl sites for hydroxylation is 1. The Kier molecular flexibility index (Phi) is 6.16. The fraction of sp³-hybridized carbons (Fsp3) is 0.333. The molecule has 0 saturated carbocycles. The Morgan fingerprint density at radius 3 is 2.33 bits per heavy atom. The highest BCUT2D eigenvalue weighted by atomic mass is 35.5. The van der Waals surface area contributed by atoms with E-state index in [9.17, 15) is 0 Å². The van der Waals surface area contributed by atoms with Crippen molar-refractivity contribution in [3.05, 3.63) is 64.2 Å². The lowest BCUT2D eigenvalue weighted by atomic mass is 10.1. The van der Waals surface area contributed by atoms with Gasteiger partial charge in [-0.25, -0.2) is 0 Å². The second-order valence-corrected chi connectivity index (χ2v) is 7.00. The zero-order valence-electron chi connectivity index (χ0n) is 12.8. The minimum atomic E-state index is 0.518. The van der Waals surface area contributed by atoms with Crippen LogP contribution in [0.3, 0.4) is 0 Å². The van der Waals surface area contributed by atoms with Crippen LogP contribution >= 0.6 is 23.4 Å². The highest BCUT2D eigenvalue weighted by Gasteiger charge is 2.03. The van der Waals surface area contributed by atoms with Crippen LogP contribution in [-0.4, -0.2) is 6.04 Å². The number of thioether (sulfide) groups is 1. The first-order valence-electron chi connectivity index (χ1n) is 7.25. The van der Waals surface area contributed by atoms with Crippen molar-refractivity contribution in [1.29, 1.82) is 0 Å². The van der Waals surface area contributed by atoms with Gasteiger partial charge in [-0.2, -0.15) is 0 Å². The Balaban J connectivity index is 1.95. The van der Waals surface area contributed by atoms with Crippen molar-refractivity contribution in [2.75, 3.05) is 0 Å². The molecule has 1 nitrogen and oxygen atoms in total. The third-order valence-electron chi connectivity index (χ3n) is 3.26. The van der Waals surface area contributed by atoms with Gasteiger partial charge in [0.2, 0.25) is 0 Å². The van der Waals surface area contributed by atoms with Crippen LogP contribution in [-0.2, 0) is 12.3 Å². The third-order valence-corrected chi connectivity index (χ3v) is 4.76. The first kappa shape index (κ1) is 16.4. The van der Waals surface area contributed by atoms with Crippen LogP contribution < -0.4 is 5.32 Å². The molecule has 0 unspecified atom stereocenters. The van der Waals surface area contributed by atoms with E-state index in [0.29, 0.717) is 6.04 Å². The molecule has 0 atom stereocenters. The standard InChI is InChI=1S/C18H22ClNS/c1-13(2)20-11-16-6-9-18(14(3)10-16)21-12-15-4-7-17(19)8-5-15/h4-10,13,20H,11-12H2,1-3H3. The lowest BCUT2D eigenvalue weighted by Gasteiger charge is -2.11. The van der Waals surface area contributed by atoms with E-state index in [1.54, 1.807) is 0 Å². The molecule has 0 amide bonds. The minimum absolute atomic E-state index is 0.518. The van der Waals surface area contributed by atoms with E-state index in [-0.39, 0.29) is 0 Å². The summed E-state index contributed by atoms with van der Waals surface area (Å²) in [6.45, 7) is 7.45. The molecule has 2 rings (SSSR count). The average Bonchev–Trinajstić information content (AvgIpc) is 2.46. The van der Waals surface area contributed by atoms with Gasteiger partial charge in [0, 0.05) is 28.3 Å². The predicted octanol–water partition coefficient (Wildman–Crippen LogP) is 5.44. The monoisotopic (exact) mass is 319 g/mol. The molecule has 0 heterocycles. The van der Waals surface area contributed by atoms with Crippen molar-refractivity contribution in [3.8, 4) is 0 Å². The van der Waals surface area contributed by atoms with E-state index in [1.807, 2.05) is 23.9 Å². The second kappa shape index (κ2) is 7.88. The summed E-state index contributed by atoms with van der Waals surface area (Å²) in [4.78, 5) is 1.35. The summed E-state index contributed by atoms with van der Waals surface area (Å²) >= 11 is 7.79. The normalized spacial score (nSPS) is 11.1. The molecule has 2 aromatic carbocycles. The molecule has 1 N–H and O–H groups in total. The highest BCUT2D eigenvalue weighted by Crippen LogP contribution is 2.27. The number of rotatable bonds is 6. The zero-order valence-corrected chi connectivity index (χ0v) is 14.4. The Morgan fingerprint density at radius 2 is 1.71 bits per heavy atom. The van der Waals surface area contributed by atoms with Crippen molar-refractivity contribution in [1.82, 2.24) is 5.32 Å². The molecule has 0 aliphatic carbocycles. The Bertz CT molecular complexity index is 578. The van der Waals surface area contributed by atoms with E-state index in [1.165, 1.54) is 21.6 Å². The number of halogens is 1. The number of nitrogens with one attached hydrogen (secondary N) is 1. The first-order valence-corrected chi connectivity index (χ1v) is 8.61. The molecular weight excluding hydrogens is 298 g/mol. The van der Waals surface area contributed by atoms with Gasteiger partial charge in [-0.3, -0.25) is 0 Å². The summed E-state index contributed by atoms with van der Waals surface area (Å²) in [7, 11) is 0. The molecular formula is C18H22ClNS. The smallest absolute Gasteiger partial charge is 0.0406 e. The van der Waals surface area contributed by atoms with Gasteiger partial charge in [-0.05, 0) is 41.8 Å². The summed E-state index contributed by atoms with van der Waals surface area (Å²) in [6.07, 6.45) is 0. The maximum Gasteiger partial charge on any atom is 0.0406 e. The number of benzene rings is 2. The molecule has 3 heteroatoms. The van der Waals surface area contributed by atoms with Crippen LogP contribution in [0.25, 0.3) is 0 Å². The third kappa shape index (κ3) is 5.39. The van der Waals surface area contributed by atoms with E-state index >= 15 is 0 Å². The molecule has 21 heavy (non-hydrogen) atoms. The second-order valence-electron chi connectivity index (χ2n) is 5.55. The van der Waals surface area contributed by atoms with Crippen LogP contribution in [0, 0.1) is 6.92 Å². The van der Waals surface area contributed by atoms with Gasteiger partial charge < -0.3 is 5.32 Å². The average molecular weight is 320 g/mol. The summed E-state index contributed by atoms with van der Waals surface area (Å²) in [5, 5.41) is 4.25. The first-order chi connectivity index (χ1) is 10.0. The molecule has 0 radical (unpaired) electrons. The van der Waals surface area contributed by atoms with Crippen LogP contribution in [0.5, 0.6) is 0 Å². The van der Waals surface area contributed by atoms with Gasteiger partial charge in [-0.15, -0.1) is 11.8 Å². The minimum Gasteiger partial charge on any atom is -0.310 e. The lowest BCUT2D eigenvalue weighted by Crippen LogP contribution is -2.21. The summed E-state index contributed by atoms with van der Waals surface area (Å²) in [5.74, 6) is 0.974. The molecule has 0 aliphatic heterocycles. The predicted molar refractivity (Wildman–Crippen MR) is 94.2 cm³/mol.